The predicted molar refractivity (Wildman–Crippen MR) is 106 cm³/mol. The number of hydrazine groups is 1. The van der Waals surface area contributed by atoms with E-state index in [0.717, 1.165) is 43.9 Å². The Morgan fingerprint density at radius 3 is 2.75 bits per heavy atom. The molecule has 4 rings (SSSR count). The van der Waals surface area contributed by atoms with E-state index in [1.807, 2.05) is 0 Å². The first-order valence-corrected chi connectivity index (χ1v) is 10.5. The Kier molecular flexibility index (Phi) is 6.42. The number of hydrogen-bond acceptors (Lipinski definition) is 8. The molecule has 0 radical (unpaired) electrons. The van der Waals surface area contributed by atoms with E-state index in [1.165, 1.54) is 0 Å². The molecule has 2 aliphatic heterocycles. The maximum atomic E-state index is 6.02. The summed E-state index contributed by atoms with van der Waals surface area (Å²) in [6.07, 6.45) is 5.64. The molecule has 6 atom stereocenters. The lowest BCUT2D eigenvalue weighted by Crippen LogP contribution is -2.46. The molecule has 1 aliphatic carbocycles. The van der Waals surface area contributed by atoms with Crippen LogP contribution in [0, 0.1) is 5.92 Å². The van der Waals surface area contributed by atoms with E-state index in [9.17, 15) is 0 Å². The number of nitrogens with zero attached hydrogens (tertiary/aromatic N) is 3. The van der Waals surface area contributed by atoms with Gasteiger partial charge < -0.3 is 19.1 Å². The van der Waals surface area contributed by atoms with Crippen molar-refractivity contribution >= 4 is 5.82 Å². The van der Waals surface area contributed by atoms with Crippen LogP contribution in [0.15, 0.2) is 12.4 Å². The Bertz CT molecular complexity index is 638. The van der Waals surface area contributed by atoms with Crippen LogP contribution < -0.4 is 15.8 Å². The first kappa shape index (κ1) is 20.0. The predicted octanol–water partition coefficient (Wildman–Crippen LogP) is 1.44. The highest BCUT2D eigenvalue weighted by molar-refractivity contribution is 5.40. The largest absolute Gasteiger partial charge is 0.382 e. The summed E-state index contributed by atoms with van der Waals surface area (Å²) in [7, 11) is 1.71. The molecular formula is C20H33N5O3. The monoisotopic (exact) mass is 391 g/mol. The number of methoxy groups -OCH3 is 1. The first-order chi connectivity index (χ1) is 13.6. The quantitative estimate of drug-likeness (QED) is 0.705. The maximum Gasteiger partial charge on any atom is 0.132 e. The molecule has 0 bridgehead atoms. The molecule has 3 aliphatic rings. The second kappa shape index (κ2) is 9.00. The summed E-state index contributed by atoms with van der Waals surface area (Å²) in [5, 5.41) is 0. The Hall–Kier alpha value is -1.32. The second-order valence-electron chi connectivity index (χ2n) is 8.30. The fourth-order valence-electron chi connectivity index (χ4n) is 4.83. The van der Waals surface area contributed by atoms with E-state index in [2.05, 4.69) is 45.6 Å². The highest BCUT2D eigenvalue weighted by Gasteiger charge is 2.42. The fourth-order valence-corrected chi connectivity index (χ4v) is 4.83. The number of fused-ring (bicyclic) bond motifs is 1. The van der Waals surface area contributed by atoms with Gasteiger partial charge in [-0.3, -0.25) is 5.43 Å². The van der Waals surface area contributed by atoms with Gasteiger partial charge in [-0.25, -0.2) is 15.4 Å². The fraction of sp³-hybridized carbons (Fsp3) is 0.800. The van der Waals surface area contributed by atoms with Gasteiger partial charge in [-0.2, -0.15) is 0 Å². The van der Waals surface area contributed by atoms with Crippen molar-refractivity contribution in [2.24, 2.45) is 5.92 Å². The molecular weight excluding hydrogens is 358 g/mol. The molecule has 4 unspecified atom stereocenters. The zero-order valence-corrected chi connectivity index (χ0v) is 17.1. The number of rotatable bonds is 6. The molecule has 2 N–H and O–H groups in total. The van der Waals surface area contributed by atoms with Crippen molar-refractivity contribution in [2.45, 2.75) is 63.5 Å². The van der Waals surface area contributed by atoms with E-state index in [-0.39, 0.29) is 18.2 Å². The average Bonchev–Trinajstić information content (AvgIpc) is 3.11. The zero-order chi connectivity index (χ0) is 19.5. The van der Waals surface area contributed by atoms with Crippen molar-refractivity contribution in [3.8, 4) is 0 Å². The Morgan fingerprint density at radius 2 is 1.96 bits per heavy atom. The molecule has 8 heteroatoms. The summed E-state index contributed by atoms with van der Waals surface area (Å²) in [6, 6.07) is 2.78. The number of aromatic nitrogens is 2. The van der Waals surface area contributed by atoms with Gasteiger partial charge in [-0.05, 0) is 33.1 Å². The van der Waals surface area contributed by atoms with E-state index in [0.29, 0.717) is 31.3 Å². The number of ether oxygens (including phenoxy) is 3. The minimum atomic E-state index is 0.177. The first-order valence-electron chi connectivity index (χ1n) is 10.5. The van der Waals surface area contributed by atoms with Crippen LogP contribution >= 0.6 is 0 Å². The summed E-state index contributed by atoms with van der Waals surface area (Å²) < 4.78 is 17.0. The molecule has 28 heavy (non-hydrogen) atoms. The zero-order valence-electron chi connectivity index (χ0n) is 17.1. The van der Waals surface area contributed by atoms with E-state index < -0.39 is 0 Å². The minimum absolute atomic E-state index is 0.177. The van der Waals surface area contributed by atoms with Crippen LogP contribution in [0.3, 0.4) is 0 Å². The third-order valence-electron chi connectivity index (χ3n) is 6.08. The van der Waals surface area contributed by atoms with Gasteiger partial charge in [-0.15, -0.1) is 0 Å². The van der Waals surface area contributed by atoms with Crippen LogP contribution in [-0.2, 0) is 14.2 Å². The summed E-state index contributed by atoms with van der Waals surface area (Å²) in [4.78, 5) is 11.5. The molecule has 3 heterocycles. The highest BCUT2D eigenvalue weighted by atomic mass is 16.5. The molecule has 0 aromatic carbocycles. The van der Waals surface area contributed by atoms with Crippen LogP contribution in [0.2, 0.25) is 0 Å². The Labute approximate surface area is 167 Å². The van der Waals surface area contributed by atoms with Gasteiger partial charge in [0.15, 0.2) is 0 Å². The summed E-state index contributed by atoms with van der Waals surface area (Å²) in [5.41, 5.74) is 8.02. The lowest BCUT2D eigenvalue weighted by Gasteiger charge is -2.36. The molecule has 0 spiro atoms. The summed E-state index contributed by atoms with van der Waals surface area (Å²) >= 11 is 0. The molecule has 3 fully saturated rings. The van der Waals surface area contributed by atoms with Crippen LogP contribution in [0.1, 0.15) is 44.8 Å². The number of anilines is 1. The van der Waals surface area contributed by atoms with Gasteiger partial charge in [0.2, 0.25) is 0 Å². The number of nitrogens with one attached hydrogen (secondary N) is 2. The number of morpholine rings is 1. The SMILES string of the molecule is COCCOC1CCC2NNC(c3cc(N4C[C@@H](C)O[C@@H](C)C4)ncn3)C2C1. The van der Waals surface area contributed by atoms with Crippen molar-refractivity contribution < 1.29 is 14.2 Å². The lowest BCUT2D eigenvalue weighted by molar-refractivity contribution is -0.0151. The molecule has 0 amide bonds. The van der Waals surface area contributed by atoms with Crippen LogP contribution in [0.5, 0.6) is 0 Å². The molecule has 156 valence electrons. The van der Waals surface area contributed by atoms with Crippen molar-refractivity contribution in [3.05, 3.63) is 18.1 Å². The maximum absolute atomic E-state index is 6.02. The second-order valence-corrected chi connectivity index (χ2v) is 8.30. The van der Waals surface area contributed by atoms with E-state index >= 15 is 0 Å². The molecule has 8 nitrogen and oxygen atoms in total. The standard InChI is InChI=1S/C20H33N5O3/c1-13-10-25(11-14(2)28-13)19-9-18(21-12-22-19)20-16-8-15(27-7-6-26-3)4-5-17(16)23-24-20/h9,12-17,20,23-24H,4-8,10-11H2,1-3H3/t13-,14+,15?,16?,17?,20?. The topological polar surface area (TPSA) is 80.8 Å². The third-order valence-corrected chi connectivity index (χ3v) is 6.08. The van der Waals surface area contributed by atoms with Crippen LogP contribution in [-0.4, -0.2) is 67.7 Å². The van der Waals surface area contributed by atoms with E-state index in [4.69, 9.17) is 14.2 Å². The molecule has 1 saturated carbocycles. The minimum Gasteiger partial charge on any atom is -0.382 e. The highest BCUT2D eigenvalue weighted by Crippen LogP contribution is 2.38. The van der Waals surface area contributed by atoms with Gasteiger partial charge in [0.1, 0.15) is 12.1 Å². The van der Waals surface area contributed by atoms with E-state index in [1.54, 1.807) is 13.4 Å². The third kappa shape index (κ3) is 4.46. The van der Waals surface area contributed by atoms with Crippen molar-refractivity contribution in [1.29, 1.82) is 0 Å². The van der Waals surface area contributed by atoms with Crippen molar-refractivity contribution in [2.75, 3.05) is 38.3 Å². The van der Waals surface area contributed by atoms with Crippen LogP contribution in [0.25, 0.3) is 0 Å². The Balaban J connectivity index is 1.45. The normalized spacial score (nSPS) is 35.8. The smallest absolute Gasteiger partial charge is 0.132 e. The molecule has 2 saturated heterocycles. The van der Waals surface area contributed by atoms with Gasteiger partial charge in [-0.1, -0.05) is 0 Å². The van der Waals surface area contributed by atoms with Gasteiger partial charge in [0.05, 0.1) is 43.3 Å². The van der Waals surface area contributed by atoms with Crippen molar-refractivity contribution in [3.63, 3.8) is 0 Å². The summed E-state index contributed by atoms with van der Waals surface area (Å²) in [6.45, 7) is 7.26. The lowest BCUT2D eigenvalue weighted by atomic mass is 9.79. The number of hydrogen-bond donors (Lipinski definition) is 2. The van der Waals surface area contributed by atoms with Crippen molar-refractivity contribution in [1.82, 2.24) is 20.8 Å². The Morgan fingerprint density at radius 1 is 1.14 bits per heavy atom. The van der Waals surface area contributed by atoms with Gasteiger partial charge in [0.25, 0.3) is 0 Å². The molecule has 1 aromatic heterocycles. The summed E-state index contributed by atoms with van der Waals surface area (Å²) in [5.74, 6) is 1.45. The van der Waals surface area contributed by atoms with Gasteiger partial charge in [0, 0.05) is 38.2 Å². The van der Waals surface area contributed by atoms with Gasteiger partial charge >= 0.3 is 0 Å². The van der Waals surface area contributed by atoms with Crippen LogP contribution in [0.4, 0.5) is 5.82 Å². The molecule has 1 aromatic rings. The average molecular weight is 392 g/mol.